The fourth-order valence-corrected chi connectivity index (χ4v) is 4.65. The quantitative estimate of drug-likeness (QED) is 0.886. The van der Waals surface area contributed by atoms with Crippen LogP contribution in [0, 0.1) is 11.7 Å². The van der Waals surface area contributed by atoms with E-state index in [1.54, 1.807) is 12.1 Å². The number of piperidine rings is 3. The highest BCUT2D eigenvalue weighted by molar-refractivity contribution is 5.62. The van der Waals surface area contributed by atoms with Crippen LogP contribution in [0.5, 0.6) is 0 Å². The molecule has 0 radical (unpaired) electrons. The van der Waals surface area contributed by atoms with Gasteiger partial charge in [0.2, 0.25) is 0 Å². The van der Waals surface area contributed by atoms with E-state index in [1.165, 1.54) is 31.3 Å². The standard InChI is InChI=1S/C19H22FN5O/c20-15-3-1-13(2-4-15)16-9-17(23-12-22-16)25-11-19(26-18(25)21)10-24-7-5-14(19)6-8-24/h1-4,9,12,14,18H,5-8,10-11,21H2. The largest absolute Gasteiger partial charge is 0.335 e. The smallest absolute Gasteiger partial charge is 0.186 e. The highest BCUT2D eigenvalue weighted by Gasteiger charge is 2.54. The summed E-state index contributed by atoms with van der Waals surface area (Å²) in [5, 5.41) is 0. The van der Waals surface area contributed by atoms with E-state index >= 15 is 0 Å². The van der Waals surface area contributed by atoms with Gasteiger partial charge >= 0.3 is 0 Å². The average Bonchev–Trinajstić information content (AvgIpc) is 2.99. The maximum atomic E-state index is 13.2. The Bertz CT molecular complexity index is 808. The minimum Gasteiger partial charge on any atom is -0.335 e. The molecule has 2 atom stereocenters. The molecular formula is C19H22FN5O. The molecule has 26 heavy (non-hydrogen) atoms. The molecule has 6 rings (SSSR count). The average molecular weight is 355 g/mol. The van der Waals surface area contributed by atoms with Gasteiger partial charge in [0.05, 0.1) is 12.2 Å². The lowest BCUT2D eigenvalue weighted by atomic mass is 9.75. The lowest BCUT2D eigenvalue weighted by Crippen LogP contribution is -2.61. The van der Waals surface area contributed by atoms with Crippen LogP contribution < -0.4 is 10.6 Å². The molecule has 136 valence electrons. The van der Waals surface area contributed by atoms with E-state index in [4.69, 9.17) is 10.5 Å². The Morgan fingerprint density at radius 3 is 2.58 bits per heavy atom. The zero-order valence-corrected chi connectivity index (χ0v) is 14.5. The summed E-state index contributed by atoms with van der Waals surface area (Å²) < 4.78 is 19.5. The van der Waals surface area contributed by atoms with Gasteiger partial charge in [-0.05, 0) is 56.1 Å². The van der Waals surface area contributed by atoms with Crippen LogP contribution in [0.4, 0.5) is 10.2 Å². The Labute approximate surface area is 151 Å². The van der Waals surface area contributed by atoms with Crippen molar-refractivity contribution >= 4 is 5.82 Å². The molecule has 6 nitrogen and oxygen atoms in total. The van der Waals surface area contributed by atoms with E-state index in [0.29, 0.717) is 5.92 Å². The lowest BCUT2D eigenvalue weighted by Gasteiger charge is -2.50. The number of hydrogen-bond donors (Lipinski definition) is 1. The predicted molar refractivity (Wildman–Crippen MR) is 95.7 cm³/mol. The molecule has 0 amide bonds. The first-order valence-corrected chi connectivity index (χ1v) is 9.13. The van der Waals surface area contributed by atoms with Gasteiger partial charge < -0.3 is 14.5 Å². The molecule has 4 fully saturated rings. The Hall–Kier alpha value is -2.09. The maximum absolute atomic E-state index is 13.2. The maximum Gasteiger partial charge on any atom is 0.186 e. The minimum absolute atomic E-state index is 0.198. The normalized spacial score (nSPS) is 33.2. The number of rotatable bonds is 2. The van der Waals surface area contributed by atoms with E-state index in [-0.39, 0.29) is 11.4 Å². The zero-order valence-electron chi connectivity index (χ0n) is 14.5. The molecule has 7 heteroatoms. The van der Waals surface area contributed by atoms with Crippen LogP contribution in [-0.4, -0.2) is 53.0 Å². The zero-order chi connectivity index (χ0) is 17.7. The van der Waals surface area contributed by atoms with Gasteiger partial charge in [-0.1, -0.05) is 0 Å². The second-order valence-electron chi connectivity index (χ2n) is 7.52. The number of fused-ring (bicyclic) bond motifs is 2. The van der Waals surface area contributed by atoms with Crippen molar-refractivity contribution in [2.45, 2.75) is 24.8 Å². The third kappa shape index (κ3) is 2.58. The van der Waals surface area contributed by atoms with Gasteiger partial charge in [0.15, 0.2) is 6.35 Å². The van der Waals surface area contributed by atoms with E-state index < -0.39 is 6.35 Å². The first-order valence-electron chi connectivity index (χ1n) is 9.13. The summed E-state index contributed by atoms with van der Waals surface area (Å²) in [5.74, 6) is 1.05. The van der Waals surface area contributed by atoms with Crippen molar-refractivity contribution in [1.82, 2.24) is 14.9 Å². The summed E-state index contributed by atoms with van der Waals surface area (Å²) >= 11 is 0. The van der Waals surface area contributed by atoms with E-state index in [1.807, 2.05) is 11.0 Å². The second-order valence-corrected chi connectivity index (χ2v) is 7.52. The van der Waals surface area contributed by atoms with Crippen molar-refractivity contribution in [2.24, 2.45) is 11.7 Å². The third-order valence-corrected chi connectivity index (χ3v) is 6.01. The molecule has 2 unspecified atom stereocenters. The molecule has 4 aliphatic rings. The van der Waals surface area contributed by atoms with Crippen LogP contribution in [0.25, 0.3) is 11.3 Å². The summed E-state index contributed by atoms with van der Waals surface area (Å²) in [6, 6.07) is 8.21. The van der Waals surface area contributed by atoms with E-state index in [2.05, 4.69) is 14.9 Å². The summed E-state index contributed by atoms with van der Waals surface area (Å²) in [6.45, 7) is 4.01. The highest BCUT2D eigenvalue weighted by Crippen LogP contribution is 2.43. The second kappa shape index (κ2) is 5.97. The SMILES string of the molecule is NC1OC2(CN3CCC2CC3)CN1c1cc(-c2ccc(F)cc2)ncn1. The number of aromatic nitrogens is 2. The summed E-state index contributed by atoms with van der Waals surface area (Å²) in [4.78, 5) is 13.2. The van der Waals surface area contributed by atoms with Gasteiger partial charge in [0, 0.05) is 18.2 Å². The number of ether oxygens (including phenoxy) is 1. The summed E-state index contributed by atoms with van der Waals surface area (Å²) in [7, 11) is 0. The minimum atomic E-state index is -0.508. The fourth-order valence-electron chi connectivity index (χ4n) is 4.65. The number of hydrogen-bond acceptors (Lipinski definition) is 6. The Morgan fingerprint density at radius 1 is 1.12 bits per heavy atom. The van der Waals surface area contributed by atoms with E-state index in [9.17, 15) is 4.39 Å². The van der Waals surface area contributed by atoms with Crippen molar-refractivity contribution in [3.8, 4) is 11.3 Å². The first-order chi connectivity index (χ1) is 12.6. The molecule has 2 aromatic rings. The van der Waals surface area contributed by atoms with Crippen LogP contribution in [-0.2, 0) is 4.74 Å². The molecule has 1 spiro atoms. The van der Waals surface area contributed by atoms with Gasteiger partial charge in [-0.2, -0.15) is 0 Å². The molecule has 4 aliphatic heterocycles. The molecule has 5 heterocycles. The first kappa shape index (κ1) is 16.1. The van der Waals surface area contributed by atoms with Crippen molar-refractivity contribution in [1.29, 1.82) is 0 Å². The Kier molecular flexibility index (Phi) is 3.70. The van der Waals surface area contributed by atoms with E-state index in [0.717, 1.165) is 43.3 Å². The van der Waals surface area contributed by atoms with Crippen molar-refractivity contribution in [2.75, 3.05) is 31.1 Å². The van der Waals surface area contributed by atoms with Gasteiger partial charge in [0.1, 0.15) is 23.6 Å². The topological polar surface area (TPSA) is 67.5 Å². The monoisotopic (exact) mass is 355 g/mol. The Balaban J connectivity index is 1.43. The molecule has 1 aromatic heterocycles. The molecule has 0 saturated carbocycles. The Morgan fingerprint density at radius 2 is 1.88 bits per heavy atom. The number of halogens is 1. The van der Waals surface area contributed by atoms with Gasteiger partial charge in [-0.3, -0.25) is 5.73 Å². The lowest BCUT2D eigenvalue weighted by molar-refractivity contribution is -0.137. The van der Waals surface area contributed by atoms with Crippen LogP contribution in [0.3, 0.4) is 0 Å². The van der Waals surface area contributed by atoms with Crippen LogP contribution in [0.2, 0.25) is 0 Å². The van der Waals surface area contributed by atoms with Gasteiger partial charge in [-0.15, -0.1) is 0 Å². The number of nitrogens with two attached hydrogens (primary N) is 1. The van der Waals surface area contributed by atoms with Crippen LogP contribution >= 0.6 is 0 Å². The fraction of sp³-hybridized carbons (Fsp3) is 0.474. The number of anilines is 1. The van der Waals surface area contributed by atoms with Crippen LogP contribution in [0.1, 0.15) is 12.8 Å². The molecule has 0 aliphatic carbocycles. The van der Waals surface area contributed by atoms with Crippen molar-refractivity contribution in [3.63, 3.8) is 0 Å². The number of benzene rings is 1. The number of nitrogens with zero attached hydrogens (tertiary/aromatic N) is 4. The summed E-state index contributed by atoms with van der Waals surface area (Å²) in [6.07, 6.45) is 3.37. The van der Waals surface area contributed by atoms with Gasteiger partial charge in [0.25, 0.3) is 0 Å². The van der Waals surface area contributed by atoms with Crippen LogP contribution in [0.15, 0.2) is 36.7 Å². The summed E-state index contributed by atoms with van der Waals surface area (Å²) in [5.41, 5.74) is 7.73. The molecule has 4 saturated heterocycles. The molecule has 1 aromatic carbocycles. The van der Waals surface area contributed by atoms with Crippen molar-refractivity contribution in [3.05, 3.63) is 42.5 Å². The molecular weight excluding hydrogens is 333 g/mol. The van der Waals surface area contributed by atoms with Crippen molar-refractivity contribution < 1.29 is 9.13 Å². The van der Waals surface area contributed by atoms with Gasteiger partial charge in [-0.25, -0.2) is 14.4 Å². The molecule has 2 N–H and O–H groups in total. The highest BCUT2D eigenvalue weighted by atomic mass is 19.1. The third-order valence-electron chi connectivity index (χ3n) is 6.01. The predicted octanol–water partition coefficient (Wildman–Crippen LogP) is 1.83. The molecule has 2 bridgehead atoms.